The van der Waals surface area contributed by atoms with E-state index >= 15 is 0 Å². The maximum absolute atomic E-state index is 11.7. The van der Waals surface area contributed by atoms with Crippen molar-refractivity contribution in [1.82, 2.24) is 4.72 Å². The van der Waals surface area contributed by atoms with Crippen LogP contribution in [0.25, 0.3) is 0 Å². The Morgan fingerprint density at radius 2 is 2.35 bits per heavy atom. The number of nitrogens with zero attached hydrogens (tertiary/aromatic N) is 1. The van der Waals surface area contributed by atoms with Gasteiger partial charge in [0.2, 0.25) is 10.0 Å². The van der Waals surface area contributed by atoms with Crippen molar-refractivity contribution >= 4 is 27.3 Å². The van der Waals surface area contributed by atoms with Gasteiger partial charge in [-0.15, -0.1) is 11.3 Å². The Balaban J connectivity index is 2.83. The topological polar surface area (TPSA) is 107 Å². The van der Waals surface area contributed by atoms with Gasteiger partial charge in [0.25, 0.3) is 0 Å². The largest absolute Gasteiger partial charge is 0.478 e. The second kappa shape index (κ2) is 5.27. The van der Waals surface area contributed by atoms with E-state index in [-0.39, 0.29) is 16.3 Å². The second-order valence-corrected chi connectivity index (χ2v) is 6.25. The average Bonchev–Trinajstić information content (AvgIpc) is 2.76. The van der Waals surface area contributed by atoms with Crippen LogP contribution in [0.2, 0.25) is 0 Å². The van der Waals surface area contributed by atoms with Gasteiger partial charge in [-0.25, -0.2) is 17.9 Å². The average molecular weight is 274 g/mol. The lowest BCUT2D eigenvalue weighted by Crippen LogP contribution is -2.27. The van der Waals surface area contributed by atoms with Crippen molar-refractivity contribution in [3.8, 4) is 6.07 Å². The summed E-state index contributed by atoms with van der Waals surface area (Å²) in [6.45, 7) is 1.58. The van der Waals surface area contributed by atoms with E-state index in [4.69, 9.17) is 10.4 Å². The molecule has 1 unspecified atom stereocenters. The third-order valence-electron chi connectivity index (χ3n) is 1.89. The molecule has 1 aromatic rings. The summed E-state index contributed by atoms with van der Waals surface area (Å²) in [6, 6.07) is 2.98. The molecule has 0 radical (unpaired) electrons. The van der Waals surface area contributed by atoms with Gasteiger partial charge in [-0.2, -0.15) is 5.26 Å². The summed E-state index contributed by atoms with van der Waals surface area (Å²) in [5.74, 6) is -1.61. The number of hydrogen-bond donors (Lipinski definition) is 2. The first-order valence-electron chi connectivity index (χ1n) is 4.58. The molecule has 0 aliphatic heterocycles. The van der Waals surface area contributed by atoms with E-state index in [1.165, 1.54) is 5.38 Å². The molecule has 6 nitrogen and oxygen atoms in total. The van der Waals surface area contributed by atoms with Crippen molar-refractivity contribution in [3.63, 3.8) is 0 Å². The van der Waals surface area contributed by atoms with E-state index in [1.807, 2.05) is 6.07 Å². The Labute approximate surface area is 103 Å². The number of sulfonamides is 1. The van der Waals surface area contributed by atoms with Gasteiger partial charge in [0, 0.05) is 11.9 Å². The van der Waals surface area contributed by atoms with Crippen LogP contribution in [0, 0.1) is 17.2 Å². The quantitative estimate of drug-likeness (QED) is 0.829. The molecule has 1 aromatic heterocycles. The van der Waals surface area contributed by atoms with Crippen LogP contribution in [0.15, 0.2) is 15.7 Å². The smallest absolute Gasteiger partial charge is 0.336 e. The summed E-state index contributed by atoms with van der Waals surface area (Å²) < 4.78 is 25.5. The van der Waals surface area contributed by atoms with Crippen molar-refractivity contribution < 1.29 is 18.3 Å². The lowest BCUT2D eigenvalue weighted by molar-refractivity contribution is 0.0697. The van der Waals surface area contributed by atoms with E-state index < -0.39 is 21.9 Å². The summed E-state index contributed by atoms with van der Waals surface area (Å²) >= 11 is 0.830. The Bertz CT molecular complexity index is 556. The SMILES string of the molecule is CC(C#N)CNS(=O)(=O)c1cc(C(=O)O)cs1. The third-order valence-corrected chi connectivity index (χ3v) is 4.75. The van der Waals surface area contributed by atoms with Crippen LogP contribution in [0.3, 0.4) is 0 Å². The highest BCUT2D eigenvalue weighted by Gasteiger charge is 2.19. The number of aromatic carboxylic acids is 1. The molecule has 0 aromatic carbocycles. The summed E-state index contributed by atoms with van der Waals surface area (Å²) in [6.07, 6.45) is 0. The highest BCUT2D eigenvalue weighted by molar-refractivity contribution is 7.91. The van der Waals surface area contributed by atoms with Gasteiger partial charge in [-0.3, -0.25) is 0 Å². The first kappa shape index (κ1) is 13.6. The molecular formula is C9H10N2O4S2. The molecule has 0 saturated heterocycles. The molecule has 0 aliphatic rings. The molecule has 8 heteroatoms. The summed E-state index contributed by atoms with van der Waals surface area (Å²) in [7, 11) is -3.72. The van der Waals surface area contributed by atoms with Crippen molar-refractivity contribution in [3.05, 3.63) is 17.0 Å². The Kier molecular flexibility index (Phi) is 4.22. The molecule has 0 amide bonds. The lowest BCUT2D eigenvalue weighted by Gasteiger charge is -2.04. The predicted octanol–water partition coefficient (Wildman–Crippen LogP) is 0.884. The maximum Gasteiger partial charge on any atom is 0.336 e. The van der Waals surface area contributed by atoms with Crippen LogP contribution >= 0.6 is 11.3 Å². The molecule has 1 heterocycles. The van der Waals surface area contributed by atoms with Gasteiger partial charge in [-0.1, -0.05) is 0 Å². The molecule has 0 saturated carbocycles. The number of carbonyl (C=O) groups is 1. The predicted molar refractivity (Wildman–Crippen MR) is 61.2 cm³/mol. The van der Waals surface area contributed by atoms with Crippen LogP contribution in [0.5, 0.6) is 0 Å². The van der Waals surface area contributed by atoms with Gasteiger partial charge in [0.15, 0.2) is 0 Å². The van der Waals surface area contributed by atoms with E-state index in [9.17, 15) is 13.2 Å². The van der Waals surface area contributed by atoms with Crippen molar-refractivity contribution in [1.29, 1.82) is 5.26 Å². The van der Waals surface area contributed by atoms with Gasteiger partial charge < -0.3 is 5.11 Å². The molecule has 0 aliphatic carbocycles. The molecule has 17 heavy (non-hydrogen) atoms. The fourth-order valence-electron chi connectivity index (χ4n) is 0.921. The van der Waals surface area contributed by atoms with E-state index in [1.54, 1.807) is 6.92 Å². The van der Waals surface area contributed by atoms with Crippen molar-refractivity contribution in [2.24, 2.45) is 5.92 Å². The van der Waals surface area contributed by atoms with Crippen LogP contribution in [-0.2, 0) is 10.0 Å². The molecular weight excluding hydrogens is 264 g/mol. The number of rotatable bonds is 5. The fourth-order valence-corrected chi connectivity index (χ4v) is 3.25. The number of hydrogen-bond acceptors (Lipinski definition) is 5. The van der Waals surface area contributed by atoms with E-state index in [0.29, 0.717) is 0 Å². The van der Waals surface area contributed by atoms with Crippen LogP contribution in [0.4, 0.5) is 0 Å². The molecule has 0 fully saturated rings. The first-order chi connectivity index (χ1) is 7.86. The number of thiophene rings is 1. The maximum atomic E-state index is 11.7. The summed E-state index contributed by atoms with van der Waals surface area (Å²) in [5, 5.41) is 18.4. The van der Waals surface area contributed by atoms with Crippen molar-refractivity contribution in [2.75, 3.05) is 6.54 Å². The van der Waals surface area contributed by atoms with Crippen LogP contribution < -0.4 is 4.72 Å². The zero-order chi connectivity index (χ0) is 13.1. The highest BCUT2D eigenvalue weighted by Crippen LogP contribution is 2.20. The minimum atomic E-state index is -3.72. The Morgan fingerprint density at radius 1 is 1.71 bits per heavy atom. The van der Waals surface area contributed by atoms with Crippen LogP contribution in [0.1, 0.15) is 17.3 Å². The van der Waals surface area contributed by atoms with Crippen LogP contribution in [-0.4, -0.2) is 26.0 Å². The molecule has 1 rings (SSSR count). The molecule has 1 atom stereocenters. The minimum Gasteiger partial charge on any atom is -0.478 e. The van der Waals surface area contributed by atoms with E-state index in [2.05, 4.69) is 4.72 Å². The number of carboxylic acids is 1. The fraction of sp³-hybridized carbons (Fsp3) is 0.333. The minimum absolute atomic E-state index is 0.000855. The van der Waals surface area contributed by atoms with Crippen molar-refractivity contribution in [2.45, 2.75) is 11.1 Å². The molecule has 0 bridgehead atoms. The second-order valence-electron chi connectivity index (χ2n) is 3.34. The monoisotopic (exact) mass is 274 g/mol. The van der Waals surface area contributed by atoms with Gasteiger partial charge >= 0.3 is 5.97 Å². The first-order valence-corrected chi connectivity index (χ1v) is 6.94. The van der Waals surface area contributed by atoms with E-state index in [0.717, 1.165) is 17.4 Å². The number of carboxylic acid groups (broad SMARTS) is 1. The lowest BCUT2D eigenvalue weighted by atomic mass is 10.2. The Morgan fingerprint density at radius 3 is 2.82 bits per heavy atom. The standard InChI is InChI=1S/C9H10N2O4S2/c1-6(3-10)4-11-17(14,15)8-2-7(5-16-8)9(12)13/h2,5-6,11H,4H2,1H3,(H,12,13). The summed E-state index contributed by atoms with van der Waals surface area (Å²) in [4.78, 5) is 10.6. The summed E-state index contributed by atoms with van der Waals surface area (Å²) in [5.41, 5.74) is -0.0660. The zero-order valence-corrected chi connectivity index (χ0v) is 10.5. The molecule has 2 N–H and O–H groups in total. The van der Waals surface area contributed by atoms with Gasteiger partial charge in [-0.05, 0) is 13.0 Å². The Hall–Kier alpha value is -1.43. The zero-order valence-electron chi connectivity index (χ0n) is 8.87. The third kappa shape index (κ3) is 3.52. The normalized spacial score (nSPS) is 12.9. The molecule has 0 spiro atoms. The number of nitriles is 1. The highest BCUT2D eigenvalue weighted by atomic mass is 32.2. The van der Waals surface area contributed by atoms with Gasteiger partial charge in [0.1, 0.15) is 4.21 Å². The number of nitrogens with one attached hydrogen (secondary N) is 1. The van der Waals surface area contributed by atoms with Gasteiger partial charge in [0.05, 0.1) is 17.6 Å². The molecule has 92 valence electrons.